The van der Waals surface area contributed by atoms with E-state index in [-0.39, 0.29) is 24.3 Å². The minimum absolute atomic E-state index is 0.107. The number of nitrogens with one attached hydrogen (secondary N) is 1. The molecule has 1 aliphatic heterocycles. The molecule has 18 heavy (non-hydrogen) atoms. The van der Waals surface area contributed by atoms with Crippen molar-refractivity contribution in [2.45, 2.75) is 39.7 Å². The number of amides is 2. The van der Waals surface area contributed by atoms with Crippen LogP contribution in [0.2, 0.25) is 0 Å². The second-order valence-corrected chi connectivity index (χ2v) is 5.62. The molecule has 1 saturated heterocycles. The van der Waals surface area contributed by atoms with Crippen LogP contribution in [0, 0.1) is 11.8 Å². The second-order valence-electron chi connectivity index (χ2n) is 5.62. The summed E-state index contributed by atoms with van der Waals surface area (Å²) in [4.78, 5) is 24.6. The summed E-state index contributed by atoms with van der Waals surface area (Å²) < 4.78 is 0. The van der Waals surface area contributed by atoms with Gasteiger partial charge in [0.15, 0.2) is 0 Å². The van der Waals surface area contributed by atoms with Gasteiger partial charge in [-0.2, -0.15) is 0 Å². The van der Waals surface area contributed by atoms with Crippen LogP contribution in [-0.4, -0.2) is 47.6 Å². The number of nitrogens with zero attached hydrogens (tertiary/aromatic N) is 1. The maximum atomic E-state index is 11.7. The van der Waals surface area contributed by atoms with E-state index in [0.717, 1.165) is 6.54 Å². The van der Waals surface area contributed by atoms with Gasteiger partial charge in [-0.05, 0) is 18.4 Å². The van der Waals surface area contributed by atoms with Gasteiger partial charge in [0, 0.05) is 19.4 Å². The average Bonchev–Trinajstić information content (AvgIpc) is 2.22. The average molecular weight is 256 g/mol. The molecule has 2 amide bonds. The van der Waals surface area contributed by atoms with Gasteiger partial charge in [0.05, 0.1) is 12.6 Å². The lowest BCUT2D eigenvalue weighted by Crippen LogP contribution is -2.48. The molecule has 1 fully saturated rings. The Balaban J connectivity index is 2.36. The molecule has 0 aromatic heterocycles. The maximum absolute atomic E-state index is 11.7. The van der Waals surface area contributed by atoms with Crippen LogP contribution in [0.15, 0.2) is 0 Å². The molecule has 104 valence electrons. The van der Waals surface area contributed by atoms with Gasteiger partial charge in [0.1, 0.15) is 0 Å². The number of aliphatic hydroxyl groups excluding tert-OH is 1. The largest absolute Gasteiger partial charge is 0.390 e. The highest BCUT2D eigenvalue weighted by Gasteiger charge is 2.31. The monoisotopic (exact) mass is 256 g/mol. The van der Waals surface area contributed by atoms with Crippen LogP contribution >= 0.6 is 0 Å². The third kappa shape index (κ3) is 4.74. The molecule has 0 aromatic carbocycles. The number of likely N-dealkylation sites (tertiary alicyclic amines) is 1. The molecule has 5 nitrogen and oxygen atoms in total. The molecule has 1 heterocycles. The van der Waals surface area contributed by atoms with Crippen LogP contribution in [0.25, 0.3) is 0 Å². The molecule has 0 radical (unpaired) electrons. The molecule has 0 saturated carbocycles. The lowest BCUT2D eigenvalue weighted by Gasteiger charge is -2.30. The fourth-order valence-corrected chi connectivity index (χ4v) is 2.05. The van der Waals surface area contributed by atoms with E-state index in [9.17, 15) is 14.7 Å². The van der Waals surface area contributed by atoms with Gasteiger partial charge < -0.3 is 10.4 Å². The summed E-state index contributed by atoms with van der Waals surface area (Å²) in [5.74, 6) is 0.303. The smallest absolute Gasteiger partial charge is 0.229 e. The summed E-state index contributed by atoms with van der Waals surface area (Å²) in [7, 11) is 0. The van der Waals surface area contributed by atoms with Gasteiger partial charge in [-0.1, -0.05) is 20.8 Å². The second kappa shape index (κ2) is 6.85. The van der Waals surface area contributed by atoms with E-state index in [2.05, 4.69) is 19.2 Å². The number of piperidine rings is 1. The Kier molecular flexibility index (Phi) is 5.75. The van der Waals surface area contributed by atoms with Crippen molar-refractivity contribution in [3.63, 3.8) is 0 Å². The highest BCUT2D eigenvalue weighted by atomic mass is 16.3. The third-order valence-corrected chi connectivity index (χ3v) is 2.97. The zero-order chi connectivity index (χ0) is 13.7. The van der Waals surface area contributed by atoms with Crippen LogP contribution in [0.5, 0.6) is 0 Å². The van der Waals surface area contributed by atoms with Crippen LogP contribution in [0.3, 0.4) is 0 Å². The quantitative estimate of drug-likeness (QED) is 0.674. The van der Waals surface area contributed by atoms with Crippen molar-refractivity contribution in [1.82, 2.24) is 10.2 Å². The highest BCUT2D eigenvalue weighted by Crippen LogP contribution is 2.18. The number of rotatable bonds is 6. The molecule has 2 N–H and O–H groups in total. The fourth-order valence-electron chi connectivity index (χ4n) is 2.05. The molecule has 1 aliphatic rings. The van der Waals surface area contributed by atoms with E-state index < -0.39 is 6.10 Å². The zero-order valence-electron chi connectivity index (χ0n) is 11.5. The minimum Gasteiger partial charge on any atom is -0.390 e. The molecular weight excluding hydrogens is 232 g/mol. The first-order chi connectivity index (χ1) is 8.40. The molecule has 5 heteroatoms. The maximum Gasteiger partial charge on any atom is 0.229 e. The Labute approximate surface area is 109 Å². The van der Waals surface area contributed by atoms with Crippen molar-refractivity contribution >= 4 is 11.8 Å². The molecule has 1 rings (SSSR count). The Morgan fingerprint density at radius 3 is 2.33 bits per heavy atom. The minimum atomic E-state index is -0.690. The number of carbonyl (C=O) groups is 2. The Hall–Kier alpha value is -0.940. The third-order valence-electron chi connectivity index (χ3n) is 2.97. The zero-order valence-corrected chi connectivity index (χ0v) is 11.5. The van der Waals surface area contributed by atoms with Crippen LogP contribution in [-0.2, 0) is 9.59 Å². The Bertz CT molecular complexity index is 287. The fraction of sp³-hybridized carbons (Fsp3) is 0.846. The summed E-state index contributed by atoms with van der Waals surface area (Å²) in [6.45, 7) is 7.39. The first kappa shape index (κ1) is 15.1. The first-order valence-corrected chi connectivity index (χ1v) is 6.62. The summed E-state index contributed by atoms with van der Waals surface area (Å²) in [6.07, 6.45) is 0.112. The lowest BCUT2D eigenvalue weighted by molar-refractivity contribution is -0.151. The van der Waals surface area contributed by atoms with Crippen LogP contribution in [0.1, 0.15) is 33.6 Å². The van der Waals surface area contributed by atoms with E-state index in [1.54, 1.807) is 0 Å². The molecular formula is C13H24N2O3. The van der Waals surface area contributed by atoms with E-state index in [0.29, 0.717) is 25.3 Å². The Morgan fingerprint density at radius 1 is 1.28 bits per heavy atom. The van der Waals surface area contributed by atoms with Crippen molar-refractivity contribution in [2.24, 2.45) is 11.8 Å². The van der Waals surface area contributed by atoms with Crippen molar-refractivity contribution in [2.75, 3.05) is 19.6 Å². The SMILES string of the molecule is CC(C)CNCC(O)CN1C(=O)CC(C)CC1=O. The summed E-state index contributed by atoms with van der Waals surface area (Å²) in [6, 6.07) is 0. The molecule has 0 aliphatic carbocycles. The van der Waals surface area contributed by atoms with Gasteiger partial charge in [0.25, 0.3) is 0 Å². The normalized spacial score (nSPS) is 19.7. The van der Waals surface area contributed by atoms with Gasteiger partial charge in [-0.25, -0.2) is 0 Å². The van der Waals surface area contributed by atoms with Crippen molar-refractivity contribution in [3.8, 4) is 0 Å². The van der Waals surface area contributed by atoms with Gasteiger partial charge in [-0.15, -0.1) is 0 Å². The molecule has 0 spiro atoms. The first-order valence-electron chi connectivity index (χ1n) is 6.62. The van der Waals surface area contributed by atoms with Crippen molar-refractivity contribution in [1.29, 1.82) is 0 Å². The van der Waals surface area contributed by atoms with Crippen molar-refractivity contribution in [3.05, 3.63) is 0 Å². The summed E-state index contributed by atoms with van der Waals surface area (Å²) in [5, 5.41) is 12.9. The van der Waals surface area contributed by atoms with E-state index in [1.165, 1.54) is 4.90 Å². The topological polar surface area (TPSA) is 69.6 Å². The predicted molar refractivity (Wildman–Crippen MR) is 68.8 cm³/mol. The summed E-state index contributed by atoms with van der Waals surface area (Å²) >= 11 is 0. The van der Waals surface area contributed by atoms with E-state index >= 15 is 0 Å². The summed E-state index contributed by atoms with van der Waals surface area (Å²) in [5.41, 5.74) is 0. The number of carbonyl (C=O) groups excluding carboxylic acids is 2. The number of hydrogen-bond donors (Lipinski definition) is 2. The standard InChI is InChI=1S/C13H24N2O3/c1-9(2)6-14-7-11(16)8-15-12(17)4-10(3)5-13(15)18/h9-11,14,16H,4-8H2,1-3H3. The van der Waals surface area contributed by atoms with Crippen LogP contribution < -0.4 is 5.32 Å². The molecule has 1 atom stereocenters. The number of imide groups is 1. The number of β-amino-alcohol motifs (C(OH)–C–C–N with tert-alkyl or cyclic N) is 1. The van der Waals surface area contributed by atoms with Gasteiger partial charge in [-0.3, -0.25) is 14.5 Å². The predicted octanol–water partition coefficient (Wildman–Crippen LogP) is 0.378. The van der Waals surface area contributed by atoms with Crippen molar-refractivity contribution < 1.29 is 14.7 Å². The molecule has 1 unspecified atom stereocenters. The van der Waals surface area contributed by atoms with E-state index in [4.69, 9.17) is 0 Å². The van der Waals surface area contributed by atoms with E-state index in [1.807, 2.05) is 6.92 Å². The number of aliphatic hydroxyl groups is 1. The number of hydrogen-bond acceptors (Lipinski definition) is 4. The highest BCUT2D eigenvalue weighted by molar-refractivity contribution is 5.97. The van der Waals surface area contributed by atoms with Gasteiger partial charge in [0.2, 0.25) is 11.8 Å². The molecule has 0 aromatic rings. The lowest BCUT2D eigenvalue weighted by atomic mass is 9.97. The Morgan fingerprint density at radius 2 is 1.83 bits per heavy atom. The van der Waals surface area contributed by atoms with Gasteiger partial charge >= 0.3 is 0 Å². The van der Waals surface area contributed by atoms with Crippen LogP contribution in [0.4, 0.5) is 0 Å². The molecule has 0 bridgehead atoms.